The molecule has 0 radical (unpaired) electrons. The molecule has 1 aromatic carbocycles. The molecule has 0 saturated heterocycles. The lowest BCUT2D eigenvalue weighted by Crippen LogP contribution is -2.35. The smallest absolute Gasteiger partial charge is 0.145 e. The maximum atomic E-state index is 13.9. The van der Waals surface area contributed by atoms with Gasteiger partial charge in [-0.25, -0.2) is 4.39 Å². The normalized spacial score (nSPS) is 12.9. The third-order valence-corrected chi connectivity index (χ3v) is 3.40. The van der Waals surface area contributed by atoms with Gasteiger partial charge in [0.05, 0.1) is 5.02 Å². The van der Waals surface area contributed by atoms with Gasteiger partial charge in [0.2, 0.25) is 0 Å². The Bertz CT molecular complexity index is 382. The zero-order valence-corrected chi connectivity index (χ0v) is 12.8. The van der Waals surface area contributed by atoms with Gasteiger partial charge in [0, 0.05) is 6.04 Å². The van der Waals surface area contributed by atoms with E-state index in [4.69, 9.17) is 11.6 Å². The molecule has 1 rings (SSSR count). The van der Waals surface area contributed by atoms with Gasteiger partial charge < -0.3 is 10.2 Å². The van der Waals surface area contributed by atoms with E-state index in [0.29, 0.717) is 12.0 Å². The van der Waals surface area contributed by atoms with Gasteiger partial charge in [-0.1, -0.05) is 30.7 Å². The van der Waals surface area contributed by atoms with E-state index in [1.807, 2.05) is 12.1 Å². The van der Waals surface area contributed by atoms with Crippen molar-refractivity contribution in [2.45, 2.75) is 32.2 Å². The Kier molecular flexibility index (Phi) is 7.36. The first-order valence-corrected chi connectivity index (χ1v) is 7.23. The van der Waals surface area contributed by atoms with Crippen molar-refractivity contribution in [1.29, 1.82) is 0 Å². The van der Waals surface area contributed by atoms with Gasteiger partial charge in [-0.2, -0.15) is 0 Å². The minimum atomic E-state index is -0.280. The van der Waals surface area contributed by atoms with Crippen LogP contribution in [0.1, 0.15) is 25.3 Å². The Morgan fingerprint density at radius 1 is 1.37 bits per heavy atom. The van der Waals surface area contributed by atoms with E-state index in [9.17, 15) is 4.39 Å². The van der Waals surface area contributed by atoms with E-state index in [2.05, 4.69) is 31.2 Å². The molecule has 0 aromatic heterocycles. The van der Waals surface area contributed by atoms with Crippen molar-refractivity contribution in [1.82, 2.24) is 10.2 Å². The zero-order chi connectivity index (χ0) is 14.3. The van der Waals surface area contributed by atoms with E-state index >= 15 is 0 Å². The summed E-state index contributed by atoms with van der Waals surface area (Å²) in [5.74, 6) is -0.280. The fraction of sp³-hybridized carbons (Fsp3) is 0.600. The highest BCUT2D eigenvalue weighted by Gasteiger charge is 2.13. The van der Waals surface area contributed by atoms with Gasteiger partial charge in [-0.15, -0.1) is 0 Å². The molecule has 0 amide bonds. The molecule has 108 valence electrons. The Morgan fingerprint density at radius 2 is 2.11 bits per heavy atom. The lowest BCUT2D eigenvalue weighted by molar-refractivity contribution is 0.355. The molecule has 0 aliphatic heterocycles. The third kappa shape index (κ3) is 5.89. The number of rotatable bonds is 8. The predicted molar refractivity (Wildman–Crippen MR) is 80.4 cm³/mol. The van der Waals surface area contributed by atoms with E-state index in [1.165, 1.54) is 0 Å². The fourth-order valence-electron chi connectivity index (χ4n) is 2.01. The molecule has 0 aliphatic carbocycles. The number of hydrogen-bond donors (Lipinski definition) is 1. The molecule has 0 saturated carbocycles. The summed E-state index contributed by atoms with van der Waals surface area (Å²) >= 11 is 5.83. The van der Waals surface area contributed by atoms with Crippen molar-refractivity contribution in [3.63, 3.8) is 0 Å². The van der Waals surface area contributed by atoms with Gasteiger partial charge in [-0.3, -0.25) is 0 Å². The van der Waals surface area contributed by atoms with Crippen LogP contribution in [-0.2, 0) is 6.42 Å². The van der Waals surface area contributed by atoms with Gasteiger partial charge in [0.25, 0.3) is 0 Å². The lowest BCUT2D eigenvalue weighted by atomic mass is 10.0. The first-order chi connectivity index (χ1) is 9.04. The second-order valence-electron chi connectivity index (χ2n) is 5.16. The molecular weight excluding hydrogens is 263 g/mol. The predicted octanol–water partition coefficient (Wildman–Crippen LogP) is 3.34. The minimum absolute atomic E-state index is 0.208. The van der Waals surface area contributed by atoms with Crippen molar-refractivity contribution in [3.8, 4) is 0 Å². The first-order valence-electron chi connectivity index (χ1n) is 6.85. The van der Waals surface area contributed by atoms with Crippen LogP contribution in [0.2, 0.25) is 5.02 Å². The van der Waals surface area contributed by atoms with E-state index in [1.54, 1.807) is 6.07 Å². The maximum absolute atomic E-state index is 13.9. The molecular formula is C15H24ClFN2. The largest absolute Gasteiger partial charge is 0.314 e. The summed E-state index contributed by atoms with van der Waals surface area (Å²) in [5.41, 5.74) is 0.694. The minimum Gasteiger partial charge on any atom is -0.314 e. The first kappa shape index (κ1) is 16.4. The molecule has 1 atom stereocenters. The highest BCUT2D eigenvalue weighted by atomic mass is 35.5. The summed E-state index contributed by atoms with van der Waals surface area (Å²) < 4.78 is 13.9. The monoisotopic (exact) mass is 286 g/mol. The van der Waals surface area contributed by atoms with Crippen LogP contribution in [0.5, 0.6) is 0 Å². The van der Waals surface area contributed by atoms with Crippen molar-refractivity contribution < 1.29 is 4.39 Å². The average molecular weight is 287 g/mol. The topological polar surface area (TPSA) is 15.3 Å². The summed E-state index contributed by atoms with van der Waals surface area (Å²) in [6.07, 6.45) is 2.76. The van der Waals surface area contributed by atoms with Gasteiger partial charge in [0.1, 0.15) is 5.82 Å². The van der Waals surface area contributed by atoms with Crippen LogP contribution >= 0.6 is 11.6 Å². The number of nitrogens with one attached hydrogen (secondary N) is 1. The molecule has 0 spiro atoms. The van der Waals surface area contributed by atoms with Crippen molar-refractivity contribution in [2.75, 3.05) is 27.2 Å². The Labute approximate surface area is 120 Å². The molecule has 4 heteroatoms. The van der Waals surface area contributed by atoms with Gasteiger partial charge in [0.15, 0.2) is 0 Å². The Hall–Kier alpha value is -0.640. The summed E-state index contributed by atoms with van der Waals surface area (Å²) in [7, 11) is 4.10. The Morgan fingerprint density at radius 3 is 2.74 bits per heavy atom. The van der Waals surface area contributed by atoms with Crippen LogP contribution in [0.25, 0.3) is 0 Å². The molecule has 0 fully saturated rings. The SMILES string of the molecule is CCCNC(CCN(C)C)Cc1cccc(Cl)c1F. The molecule has 1 N–H and O–H groups in total. The second-order valence-corrected chi connectivity index (χ2v) is 5.57. The van der Waals surface area contributed by atoms with Crippen molar-refractivity contribution in [2.24, 2.45) is 0 Å². The molecule has 1 aromatic rings. The second kappa shape index (κ2) is 8.51. The highest BCUT2D eigenvalue weighted by Crippen LogP contribution is 2.19. The van der Waals surface area contributed by atoms with Gasteiger partial charge >= 0.3 is 0 Å². The lowest BCUT2D eigenvalue weighted by Gasteiger charge is -2.21. The number of benzene rings is 1. The van der Waals surface area contributed by atoms with E-state index in [-0.39, 0.29) is 16.9 Å². The van der Waals surface area contributed by atoms with Crippen LogP contribution in [0.15, 0.2) is 18.2 Å². The van der Waals surface area contributed by atoms with Crippen LogP contribution in [0.3, 0.4) is 0 Å². The van der Waals surface area contributed by atoms with Crippen LogP contribution in [0, 0.1) is 5.82 Å². The van der Waals surface area contributed by atoms with Crippen molar-refractivity contribution in [3.05, 3.63) is 34.6 Å². The van der Waals surface area contributed by atoms with Crippen molar-refractivity contribution >= 4 is 11.6 Å². The molecule has 2 nitrogen and oxygen atoms in total. The molecule has 0 bridgehead atoms. The van der Waals surface area contributed by atoms with Crippen LogP contribution < -0.4 is 5.32 Å². The summed E-state index contributed by atoms with van der Waals surface area (Å²) in [4.78, 5) is 2.15. The summed E-state index contributed by atoms with van der Waals surface area (Å²) in [6, 6.07) is 5.51. The number of halogens is 2. The van der Waals surface area contributed by atoms with Gasteiger partial charge in [-0.05, 0) is 58.1 Å². The quantitative estimate of drug-likeness (QED) is 0.788. The van der Waals surface area contributed by atoms with E-state index in [0.717, 1.165) is 25.9 Å². The van der Waals surface area contributed by atoms with Crippen LogP contribution in [0.4, 0.5) is 4.39 Å². The molecule has 0 heterocycles. The number of hydrogen-bond acceptors (Lipinski definition) is 2. The average Bonchev–Trinajstić information content (AvgIpc) is 2.37. The molecule has 19 heavy (non-hydrogen) atoms. The fourth-order valence-corrected chi connectivity index (χ4v) is 2.20. The highest BCUT2D eigenvalue weighted by molar-refractivity contribution is 6.30. The van der Waals surface area contributed by atoms with Crippen LogP contribution in [-0.4, -0.2) is 38.1 Å². The maximum Gasteiger partial charge on any atom is 0.145 e. The molecule has 1 unspecified atom stereocenters. The Balaban J connectivity index is 2.66. The number of nitrogens with zero attached hydrogens (tertiary/aromatic N) is 1. The summed E-state index contributed by atoms with van der Waals surface area (Å²) in [6.45, 7) is 4.08. The summed E-state index contributed by atoms with van der Waals surface area (Å²) in [5, 5.41) is 3.69. The van der Waals surface area contributed by atoms with E-state index < -0.39 is 0 Å². The zero-order valence-electron chi connectivity index (χ0n) is 12.0. The molecule has 0 aliphatic rings. The third-order valence-electron chi connectivity index (χ3n) is 3.11. The standard InChI is InChI=1S/C15H24ClFN2/c1-4-9-18-13(8-10-19(2)3)11-12-6-5-7-14(16)15(12)17/h5-7,13,18H,4,8-11H2,1-3H3.